The second-order valence-electron chi connectivity index (χ2n) is 5.52. The fraction of sp³-hybridized carbons (Fsp3) is 0.263. The van der Waals surface area contributed by atoms with Gasteiger partial charge in [0.2, 0.25) is 5.91 Å². The molecule has 0 saturated carbocycles. The number of esters is 1. The molecule has 2 aromatic carbocycles. The number of nitrogens with zero attached hydrogens (tertiary/aromatic N) is 1. The second-order valence-corrected chi connectivity index (χ2v) is 5.52. The highest BCUT2D eigenvalue weighted by atomic mass is 16.6. The normalized spacial score (nSPS) is 10.1. The SMILES string of the molecule is CCOC(=O)c1ccc(NC(=O)CCCOc2ccccc2[N+](=O)[O-])cc1. The van der Waals surface area contributed by atoms with Crippen LogP contribution in [0.3, 0.4) is 0 Å². The van der Waals surface area contributed by atoms with Crippen LogP contribution in [0.25, 0.3) is 0 Å². The van der Waals surface area contributed by atoms with Crippen molar-refractivity contribution in [2.75, 3.05) is 18.5 Å². The summed E-state index contributed by atoms with van der Waals surface area (Å²) in [6, 6.07) is 12.5. The predicted octanol–water partition coefficient (Wildman–Crippen LogP) is 3.57. The molecule has 0 saturated heterocycles. The van der Waals surface area contributed by atoms with E-state index >= 15 is 0 Å². The molecule has 0 aliphatic rings. The summed E-state index contributed by atoms with van der Waals surface area (Å²) in [7, 11) is 0. The Labute approximate surface area is 156 Å². The van der Waals surface area contributed by atoms with E-state index in [-0.39, 0.29) is 30.4 Å². The van der Waals surface area contributed by atoms with Gasteiger partial charge in [-0.1, -0.05) is 12.1 Å². The van der Waals surface area contributed by atoms with Crippen LogP contribution in [0.4, 0.5) is 11.4 Å². The lowest BCUT2D eigenvalue weighted by atomic mass is 10.2. The van der Waals surface area contributed by atoms with Crippen molar-refractivity contribution in [1.29, 1.82) is 0 Å². The molecular weight excluding hydrogens is 352 g/mol. The molecule has 0 spiro atoms. The van der Waals surface area contributed by atoms with Gasteiger partial charge in [-0.15, -0.1) is 0 Å². The minimum atomic E-state index is -0.512. The summed E-state index contributed by atoms with van der Waals surface area (Å²) in [4.78, 5) is 33.9. The third-order valence-electron chi connectivity index (χ3n) is 3.55. The van der Waals surface area contributed by atoms with E-state index in [1.54, 1.807) is 43.3 Å². The van der Waals surface area contributed by atoms with Gasteiger partial charge in [-0.05, 0) is 43.7 Å². The molecule has 0 aliphatic carbocycles. The number of ether oxygens (including phenoxy) is 2. The first-order chi connectivity index (χ1) is 13.0. The van der Waals surface area contributed by atoms with Crippen LogP contribution in [-0.2, 0) is 9.53 Å². The number of carbonyl (C=O) groups excluding carboxylic acids is 2. The van der Waals surface area contributed by atoms with Gasteiger partial charge in [0.15, 0.2) is 5.75 Å². The molecule has 27 heavy (non-hydrogen) atoms. The maximum atomic E-state index is 12.0. The van der Waals surface area contributed by atoms with Crippen molar-refractivity contribution in [3.63, 3.8) is 0 Å². The van der Waals surface area contributed by atoms with E-state index in [1.807, 2.05) is 0 Å². The highest BCUT2D eigenvalue weighted by molar-refractivity contribution is 5.93. The quantitative estimate of drug-likeness (QED) is 0.312. The molecule has 0 aliphatic heterocycles. The first-order valence-corrected chi connectivity index (χ1v) is 8.44. The molecule has 2 aromatic rings. The Kier molecular flexibility index (Phi) is 7.30. The summed E-state index contributed by atoms with van der Waals surface area (Å²) >= 11 is 0. The molecule has 8 heteroatoms. The zero-order chi connectivity index (χ0) is 19.6. The van der Waals surface area contributed by atoms with E-state index in [0.29, 0.717) is 24.3 Å². The molecule has 0 bridgehead atoms. The molecule has 2 rings (SSSR count). The van der Waals surface area contributed by atoms with E-state index in [2.05, 4.69) is 5.32 Å². The van der Waals surface area contributed by atoms with Crippen LogP contribution in [-0.4, -0.2) is 30.0 Å². The number of para-hydroxylation sites is 2. The Balaban J connectivity index is 1.77. The van der Waals surface area contributed by atoms with Crippen molar-refractivity contribution in [3.05, 3.63) is 64.2 Å². The molecule has 8 nitrogen and oxygen atoms in total. The van der Waals surface area contributed by atoms with E-state index in [4.69, 9.17) is 9.47 Å². The average Bonchev–Trinajstić information content (AvgIpc) is 2.66. The first kappa shape index (κ1) is 19.9. The highest BCUT2D eigenvalue weighted by Crippen LogP contribution is 2.25. The van der Waals surface area contributed by atoms with E-state index in [1.165, 1.54) is 12.1 Å². The van der Waals surface area contributed by atoms with Gasteiger partial charge in [-0.25, -0.2) is 4.79 Å². The van der Waals surface area contributed by atoms with Crippen LogP contribution in [0.5, 0.6) is 5.75 Å². The topological polar surface area (TPSA) is 108 Å². The summed E-state index contributed by atoms with van der Waals surface area (Å²) in [5.74, 6) is -0.454. The summed E-state index contributed by atoms with van der Waals surface area (Å²) in [5, 5.41) is 13.6. The largest absolute Gasteiger partial charge is 0.487 e. The smallest absolute Gasteiger partial charge is 0.338 e. The highest BCUT2D eigenvalue weighted by Gasteiger charge is 2.13. The molecule has 0 fully saturated rings. The summed E-state index contributed by atoms with van der Waals surface area (Å²) in [5.41, 5.74) is 0.865. The number of nitrogens with one attached hydrogen (secondary N) is 1. The van der Waals surface area contributed by atoms with Crippen molar-refractivity contribution < 1.29 is 24.0 Å². The fourth-order valence-corrected chi connectivity index (χ4v) is 2.27. The number of benzene rings is 2. The maximum absolute atomic E-state index is 12.0. The zero-order valence-electron chi connectivity index (χ0n) is 14.8. The van der Waals surface area contributed by atoms with E-state index in [9.17, 15) is 19.7 Å². The van der Waals surface area contributed by atoms with Crippen LogP contribution >= 0.6 is 0 Å². The van der Waals surface area contributed by atoms with Gasteiger partial charge in [0, 0.05) is 18.2 Å². The van der Waals surface area contributed by atoms with Crippen molar-refractivity contribution in [1.82, 2.24) is 0 Å². The van der Waals surface area contributed by atoms with Gasteiger partial charge >= 0.3 is 11.7 Å². The Morgan fingerprint density at radius 2 is 1.81 bits per heavy atom. The fourth-order valence-electron chi connectivity index (χ4n) is 2.27. The predicted molar refractivity (Wildman–Crippen MR) is 98.9 cm³/mol. The molecule has 1 amide bonds. The van der Waals surface area contributed by atoms with Crippen molar-refractivity contribution in [2.45, 2.75) is 19.8 Å². The lowest BCUT2D eigenvalue weighted by molar-refractivity contribution is -0.385. The van der Waals surface area contributed by atoms with Crippen LogP contribution in [0.2, 0.25) is 0 Å². The van der Waals surface area contributed by atoms with Gasteiger partial charge in [0.1, 0.15) is 0 Å². The molecule has 0 aromatic heterocycles. The van der Waals surface area contributed by atoms with Crippen molar-refractivity contribution in [3.8, 4) is 5.75 Å². The number of carbonyl (C=O) groups is 2. The third kappa shape index (κ3) is 6.10. The Morgan fingerprint density at radius 1 is 1.11 bits per heavy atom. The standard InChI is InChI=1S/C19H20N2O6/c1-2-26-19(23)14-9-11-15(12-10-14)20-18(22)8-5-13-27-17-7-4-3-6-16(17)21(24)25/h3-4,6-7,9-12H,2,5,8,13H2,1H3,(H,20,22). The number of anilines is 1. The molecule has 0 unspecified atom stereocenters. The number of nitro benzene ring substituents is 1. The van der Waals surface area contributed by atoms with Gasteiger partial charge in [-0.2, -0.15) is 0 Å². The zero-order valence-corrected chi connectivity index (χ0v) is 14.8. The maximum Gasteiger partial charge on any atom is 0.338 e. The first-order valence-electron chi connectivity index (χ1n) is 8.44. The summed E-state index contributed by atoms with van der Waals surface area (Å²) < 4.78 is 10.3. The Bertz CT molecular complexity index is 804. The molecule has 1 N–H and O–H groups in total. The number of nitro groups is 1. The number of hydrogen-bond donors (Lipinski definition) is 1. The molecular formula is C19H20N2O6. The Morgan fingerprint density at radius 3 is 2.48 bits per heavy atom. The summed E-state index contributed by atoms with van der Waals surface area (Å²) in [6.07, 6.45) is 0.596. The molecule has 0 heterocycles. The minimum absolute atomic E-state index is 0.108. The third-order valence-corrected chi connectivity index (χ3v) is 3.55. The van der Waals surface area contributed by atoms with Crippen molar-refractivity contribution in [2.24, 2.45) is 0 Å². The average molecular weight is 372 g/mol. The molecule has 142 valence electrons. The van der Waals surface area contributed by atoms with Gasteiger partial charge < -0.3 is 14.8 Å². The molecule has 0 atom stereocenters. The lowest BCUT2D eigenvalue weighted by Gasteiger charge is -2.08. The molecule has 0 radical (unpaired) electrons. The monoisotopic (exact) mass is 372 g/mol. The minimum Gasteiger partial charge on any atom is -0.487 e. The lowest BCUT2D eigenvalue weighted by Crippen LogP contribution is -2.13. The van der Waals surface area contributed by atoms with Crippen LogP contribution in [0.15, 0.2) is 48.5 Å². The van der Waals surface area contributed by atoms with Crippen LogP contribution in [0.1, 0.15) is 30.1 Å². The second kappa shape index (κ2) is 9.91. The number of amides is 1. The summed E-state index contributed by atoms with van der Waals surface area (Å²) in [6.45, 7) is 2.21. The Hall–Kier alpha value is -3.42. The van der Waals surface area contributed by atoms with E-state index in [0.717, 1.165) is 0 Å². The number of rotatable bonds is 9. The van der Waals surface area contributed by atoms with Crippen LogP contribution < -0.4 is 10.1 Å². The van der Waals surface area contributed by atoms with Gasteiger partial charge in [0.05, 0.1) is 23.7 Å². The van der Waals surface area contributed by atoms with Crippen LogP contribution in [0, 0.1) is 10.1 Å². The van der Waals surface area contributed by atoms with E-state index < -0.39 is 10.9 Å². The van der Waals surface area contributed by atoms with Crippen molar-refractivity contribution >= 4 is 23.3 Å². The van der Waals surface area contributed by atoms with Gasteiger partial charge in [-0.3, -0.25) is 14.9 Å². The number of hydrogen-bond acceptors (Lipinski definition) is 6. The van der Waals surface area contributed by atoms with Gasteiger partial charge in [0.25, 0.3) is 0 Å².